The van der Waals surface area contributed by atoms with E-state index in [0.29, 0.717) is 52.7 Å². The van der Waals surface area contributed by atoms with Crippen LogP contribution in [0.25, 0.3) is 10.7 Å². The molecule has 1 saturated heterocycles. The van der Waals surface area contributed by atoms with Gasteiger partial charge in [-0.2, -0.15) is 4.98 Å². The lowest BCUT2D eigenvalue weighted by molar-refractivity contribution is 0.0619. The molecule has 1 amide bonds. The number of hydrogen-bond donors (Lipinski definition) is 0. The maximum Gasteiger partial charge on any atom is 0.265 e. The number of rotatable bonds is 7. The van der Waals surface area contributed by atoms with E-state index in [-0.39, 0.29) is 18.3 Å². The number of piperazine rings is 1. The highest BCUT2D eigenvalue weighted by molar-refractivity contribution is 7.14. The summed E-state index contributed by atoms with van der Waals surface area (Å²) in [7, 11) is 0. The third kappa shape index (κ3) is 5.16. The molecule has 11 heteroatoms. The average molecular weight is 500 g/mol. The molecule has 1 fully saturated rings. The largest absolute Gasteiger partial charge is 0.486 e. The van der Waals surface area contributed by atoms with E-state index in [9.17, 15) is 9.18 Å². The number of amides is 1. The third-order valence-corrected chi connectivity index (χ3v) is 7.42. The first-order chi connectivity index (χ1) is 16.5. The number of thiazole rings is 1. The van der Waals surface area contributed by atoms with Gasteiger partial charge >= 0.3 is 0 Å². The normalized spacial score (nSPS) is 14.5. The molecule has 176 valence electrons. The molecular formula is C23H22FN5O3S2. The van der Waals surface area contributed by atoms with Crippen LogP contribution in [0, 0.1) is 12.7 Å². The number of carbonyl (C=O) groups is 1. The highest BCUT2D eigenvalue weighted by atomic mass is 32.1. The molecule has 8 nitrogen and oxygen atoms in total. The van der Waals surface area contributed by atoms with Crippen LogP contribution >= 0.6 is 22.7 Å². The summed E-state index contributed by atoms with van der Waals surface area (Å²) in [5, 5.41) is 6.75. The van der Waals surface area contributed by atoms with Crippen LogP contribution in [0.2, 0.25) is 0 Å². The predicted molar refractivity (Wildman–Crippen MR) is 126 cm³/mol. The van der Waals surface area contributed by atoms with Crippen molar-refractivity contribution in [2.75, 3.05) is 26.2 Å². The van der Waals surface area contributed by atoms with E-state index in [0.717, 1.165) is 18.0 Å². The average Bonchev–Trinajstić information content (AvgIpc) is 3.60. The summed E-state index contributed by atoms with van der Waals surface area (Å²) < 4.78 is 24.1. The van der Waals surface area contributed by atoms with Crippen molar-refractivity contribution in [3.63, 3.8) is 0 Å². The van der Waals surface area contributed by atoms with Gasteiger partial charge in [-0.15, -0.1) is 22.7 Å². The summed E-state index contributed by atoms with van der Waals surface area (Å²) in [6.45, 7) is 5.30. The van der Waals surface area contributed by atoms with E-state index in [1.54, 1.807) is 23.5 Å². The number of carbonyl (C=O) groups excluding carboxylic acids is 1. The smallest absolute Gasteiger partial charge is 0.265 e. The Morgan fingerprint density at radius 3 is 2.68 bits per heavy atom. The number of hydrogen-bond acceptors (Lipinski definition) is 9. The molecule has 0 bridgehead atoms. The van der Waals surface area contributed by atoms with Gasteiger partial charge < -0.3 is 14.2 Å². The zero-order valence-corrected chi connectivity index (χ0v) is 20.1. The van der Waals surface area contributed by atoms with Crippen LogP contribution in [0.15, 0.2) is 46.3 Å². The monoisotopic (exact) mass is 499 g/mol. The number of nitrogens with zero attached hydrogens (tertiary/aromatic N) is 5. The van der Waals surface area contributed by atoms with Gasteiger partial charge in [0.2, 0.25) is 11.7 Å². The molecule has 0 radical (unpaired) electrons. The second-order valence-corrected chi connectivity index (χ2v) is 9.85. The van der Waals surface area contributed by atoms with Gasteiger partial charge in [0.1, 0.15) is 28.1 Å². The van der Waals surface area contributed by atoms with Gasteiger partial charge in [0.15, 0.2) is 0 Å². The van der Waals surface area contributed by atoms with E-state index in [2.05, 4.69) is 20.0 Å². The van der Waals surface area contributed by atoms with Crippen LogP contribution < -0.4 is 4.74 Å². The van der Waals surface area contributed by atoms with E-state index in [1.165, 1.54) is 23.5 Å². The van der Waals surface area contributed by atoms with Crippen molar-refractivity contribution >= 4 is 28.6 Å². The standard InChI is InChI=1S/C23H22FN5O3S2/c1-15-21(34-20(25-15)14-31-17-6-4-16(24)5-7-17)23(30)29-10-8-28(9-11-29)13-19-26-22(27-32-19)18-3-2-12-33-18/h2-7,12H,8-11,13-14H2,1H3. The van der Waals surface area contributed by atoms with E-state index >= 15 is 0 Å². The fourth-order valence-corrected chi connectivity index (χ4v) is 5.25. The molecule has 0 unspecified atom stereocenters. The Morgan fingerprint density at radius 1 is 1.15 bits per heavy atom. The van der Waals surface area contributed by atoms with Crippen molar-refractivity contribution in [2.24, 2.45) is 0 Å². The molecule has 1 aromatic carbocycles. The summed E-state index contributed by atoms with van der Waals surface area (Å²) >= 11 is 2.91. The molecule has 4 aromatic rings. The quantitative estimate of drug-likeness (QED) is 0.376. The van der Waals surface area contributed by atoms with Crippen molar-refractivity contribution in [1.82, 2.24) is 24.9 Å². The minimum Gasteiger partial charge on any atom is -0.486 e. The minimum absolute atomic E-state index is 0.0135. The van der Waals surface area contributed by atoms with Gasteiger partial charge in [0.25, 0.3) is 5.91 Å². The van der Waals surface area contributed by atoms with Gasteiger partial charge in [-0.25, -0.2) is 9.37 Å². The zero-order valence-electron chi connectivity index (χ0n) is 18.4. The van der Waals surface area contributed by atoms with Crippen molar-refractivity contribution in [2.45, 2.75) is 20.1 Å². The van der Waals surface area contributed by atoms with Crippen molar-refractivity contribution in [3.8, 4) is 16.5 Å². The maximum absolute atomic E-state index is 13.1. The molecule has 4 heterocycles. The summed E-state index contributed by atoms with van der Waals surface area (Å²) in [6, 6.07) is 9.75. The molecule has 0 atom stereocenters. The molecule has 0 N–H and O–H groups in total. The Morgan fingerprint density at radius 2 is 1.94 bits per heavy atom. The van der Waals surface area contributed by atoms with Crippen LogP contribution in [-0.4, -0.2) is 57.0 Å². The van der Waals surface area contributed by atoms with E-state index in [1.807, 2.05) is 29.3 Å². The Bertz CT molecular complexity index is 1250. The van der Waals surface area contributed by atoms with Crippen LogP contribution in [-0.2, 0) is 13.2 Å². The Hall–Kier alpha value is -3.15. The van der Waals surface area contributed by atoms with E-state index < -0.39 is 0 Å². The summed E-state index contributed by atoms with van der Waals surface area (Å²) in [6.07, 6.45) is 0. The highest BCUT2D eigenvalue weighted by Gasteiger charge is 2.26. The lowest BCUT2D eigenvalue weighted by Crippen LogP contribution is -2.48. The topological polar surface area (TPSA) is 84.6 Å². The number of aryl methyl sites for hydroxylation is 1. The van der Waals surface area contributed by atoms with Crippen molar-refractivity contribution in [3.05, 3.63) is 69.1 Å². The Balaban J connectivity index is 1.14. The number of halogens is 1. The Labute approximate surface area is 203 Å². The van der Waals surface area contributed by atoms with E-state index in [4.69, 9.17) is 9.26 Å². The highest BCUT2D eigenvalue weighted by Crippen LogP contribution is 2.24. The maximum atomic E-state index is 13.1. The van der Waals surface area contributed by atoms with Crippen molar-refractivity contribution < 1.29 is 18.4 Å². The molecule has 34 heavy (non-hydrogen) atoms. The minimum atomic E-state index is -0.314. The summed E-state index contributed by atoms with van der Waals surface area (Å²) in [5.41, 5.74) is 0.696. The number of aromatic nitrogens is 3. The Kier molecular flexibility index (Phi) is 6.66. The molecule has 1 aliphatic heterocycles. The molecule has 0 aliphatic carbocycles. The lowest BCUT2D eigenvalue weighted by Gasteiger charge is -2.33. The molecule has 0 saturated carbocycles. The van der Waals surface area contributed by atoms with Crippen LogP contribution in [0.3, 0.4) is 0 Å². The van der Waals surface area contributed by atoms with Crippen LogP contribution in [0.4, 0.5) is 4.39 Å². The second kappa shape index (κ2) is 10.00. The summed E-state index contributed by atoms with van der Waals surface area (Å²) in [5.74, 6) is 1.42. The molecule has 3 aromatic heterocycles. The molecule has 1 aliphatic rings. The van der Waals surface area contributed by atoms with Gasteiger partial charge in [0, 0.05) is 26.2 Å². The second-order valence-electron chi connectivity index (χ2n) is 7.82. The zero-order chi connectivity index (χ0) is 23.5. The first kappa shape index (κ1) is 22.6. The first-order valence-corrected chi connectivity index (χ1v) is 12.5. The van der Waals surface area contributed by atoms with Crippen LogP contribution in [0.1, 0.15) is 26.3 Å². The predicted octanol–water partition coefficient (Wildman–Crippen LogP) is 4.24. The molecule has 5 rings (SSSR count). The van der Waals surface area contributed by atoms with Gasteiger partial charge in [-0.05, 0) is 42.6 Å². The molecule has 0 spiro atoms. The number of thiophene rings is 1. The number of ether oxygens (including phenoxy) is 1. The van der Waals surface area contributed by atoms with Gasteiger partial charge in [0.05, 0.1) is 17.1 Å². The van der Waals surface area contributed by atoms with Crippen LogP contribution in [0.5, 0.6) is 5.75 Å². The summed E-state index contributed by atoms with van der Waals surface area (Å²) in [4.78, 5) is 27.7. The first-order valence-electron chi connectivity index (χ1n) is 10.8. The van der Waals surface area contributed by atoms with Gasteiger partial charge in [-0.1, -0.05) is 11.2 Å². The fourth-order valence-electron chi connectivity index (χ4n) is 3.66. The van der Waals surface area contributed by atoms with Crippen molar-refractivity contribution in [1.29, 1.82) is 0 Å². The molecular weight excluding hydrogens is 477 g/mol. The SMILES string of the molecule is Cc1nc(COc2ccc(F)cc2)sc1C(=O)N1CCN(Cc2nc(-c3cccs3)no2)CC1. The lowest BCUT2D eigenvalue weighted by atomic mass is 10.2. The fraction of sp³-hybridized carbons (Fsp3) is 0.304. The van der Waals surface area contributed by atoms with Gasteiger partial charge in [-0.3, -0.25) is 9.69 Å². The number of benzene rings is 1. The third-order valence-electron chi connectivity index (χ3n) is 5.44.